The molecule has 0 spiro atoms. The van der Waals surface area contributed by atoms with Crippen molar-refractivity contribution in [3.63, 3.8) is 0 Å². The fourth-order valence-corrected chi connectivity index (χ4v) is 2.43. The van der Waals surface area contributed by atoms with Gasteiger partial charge < -0.3 is 19.6 Å². The van der Waals surface area contributed by atoms with Gasteiger partial charge in [0.05, 0.1) is 24.6 Å². The number of methoxy groups -OCH3 is 1. The summed E-state index contributed by atoms with van der Waals surface area (Å²) >= 11 is 0. The number of nitrogens with one attached hydrogen (secondary N) is 1. The number of aliphatic hydroxyl groups excluding tert-OH is 1. The van der Waals surface area contributed by atoms with Gasteiger partial charge in [0, 0.05) is 19.6 Å². The zero-order valence-electron chi connectivity index (χ0n) is 13.0. The first-order chi connectivity index (χ1) is 10.0. The summed E-state index contributed by atoms with van der Waals surface area (Å²) in [5.74, 6) is 1.36. The molecule has 0 radical (unpaired) electrons. The molecule has 0 aliphatic rings. The lowest BCUT2D eigenvalue weighted by molar-refractivity contribution is 0.128. The molecular formula is C15H23N3O3. The Kier molecular flexibility index (Phi) is 5.03. The van der Waals surface area contributed by atoms with E-state index in [0.29, 0.717) is 18.7 Å². The maximum atomic E-state index is 10.1. The summed E-state index contributed by atoms with van der Waals surface area (Å²) in [4.78, 5) is 0. The highest BCUT2D eigenvalue weighted by Crippen LogP contribution is 2.22. The molecule has 0 aromatic carbocycles. The van der Waals surface area contributed by atoms with Gasteiger partial charge in [0.2, 0.25) is 5.88 Å². The van der Waals surface area contributed by atoms with E-state index in [9.17, 15) is 5.11 Å². The molecule has 2 aromatic heterocycles. The van der Waals surface area contributed by atoms with E-state index in [1.54, 1.807) is 30.2 Å². The lowest BCUT2D eigenvalue weighted by atomic mass is 10.1. The van der Waals surface area contributed by atoms with Crippen molar-refractivity contribution in [1.29, 1.82) is 0 Å². The van der Waals surface area contributed by atoms with Crippen LogP contribution in [-0.4, -0.2) is 28.0 Å². The lowest BCUT2D eigenvalue weighted by Gasteiger charge is -2.17. The van der Waals surface area contributed by atoms with Gasteiger partial charge in [-0.1, -0.05) is 0 Å². The third-order valence-corrected chi connectivity index (χ3v) is 3.56. The van der Waals surface area contributed by atoms with Crippen LogP contribution in [0, 0.1) is 6.92 Å². The Labute approximate surface area is 124 Å². The van der Waals surface area contributed by atoms with Crippen molar-refractivity contribution in [3.8, 4) is 5.88 Å². The molecule has 2 rings (SSSR count). The highest BCUT2D eigenvalue weighted by atomic mass is 16.5. The van der Waals surface area contributed by atoms with E-state index in [2.05, 4.69) is 10.4 Å². The molecule has 2 aromatic rings. The summed E-state index contributed by atoms with van der Waals surface area (Å²) < 4.78 is 12.3. The Morgan fingerprint density at radius 2 is 2.29 bits per heavy atom. The number of aliphatic hydroxyl groups is 1. The molecule has 6 heteroatoms. The number of furan rings is 1. The average Bonchev–Trinajstić information content (AvgIpc) is 3.04. The van der Waals surface area contributed by atoms with E-state index in [4.69, 9.17) is 9.15 Å². The smallest absolute Gasteiger partial charge is 0.216 e. The predicted octanol–water partition coefficient (Wildman–Crippen LogP) is 1.93. The number of hydrogen-bond donors (Lipinski definition) is 2. The summed E-state index contributed by atoms with van der Waals surface area (Å²) in [6, 6.07) is 3.70. The summed E-state index contributed by atoms with van der Waals surface area (Å²) in [7, 11) is 3.50. The fourth-order valence-electron chi connectivity index (χ4n) is 2.43. The van der Waals surface area contributed by atoms with Crippen molar-refractivity contribution < 1.29 is 14.3 Å². The van der Waals surface area contributed by atoms with Gasteiger partial charge in [0.25, 0.3) is 0 Å². The zero-order chi connectivity index (χ0) is 15.4. The molecule has 0 saturated heterocycles. The summed E-state index contributed by atoms with van der Waals surface area (Å²) in [5, 5.41) is 17.8. The second-order valence-electron chi connectivity index (χ2n) is 5.25. The summed E-state index contributed by atoms with van der Waals surface area (Å²) in [5.41, 5.74) is 1.99. The molecular weight excluding hydrogens is 270 g/mol. The molecule has 2 unspecified atom stereocenters. The van der Waals surface area contributed by atoms with Crippen LogP contribution in [0.4, 0.5) is 0 Å². The van der Waals surface area contributed by atoms with Crippen LogP contribution in [0.25, 0.3) is 0 Å². The largest absolute Gasteiger partial charge is 0.481 e. The molecule has 0 fully saturated rings. The van der Waals surface area contributed by atoms with Gasteiger partial charge in [0.1, 0.15) is 11.9 Å². The van der Waals surface area contributed by atoms with Crippen molar-refractivity contribution in [1.82, 2.24) is 15.1 Å². The van der Waals surface area contributed by atoms with E-state index in [0.717, 1.165) is 17.1 Å². The van der Waals surface area contributed by atoms with Gasteiger partial charge in [-0.05, 0) is 32.4 Å². The van der Waals surface area contributed by atoms with E-state index in [1.165, 1.54) is 0 Å². The number of hydrogen-bond acceptors (Lipinski definition) is 5. The van der Waals surface area contributed by atoms with Crippen LogP contribution < -0.4 is 10.1 Å². The Morgan fingerprint density at radius 1 is 1.52 bits per heavy atom. The third-order valence-electron chi connectivity index (χ3n) is 3.56. The average molecular weight is 293 g/mol. The Hall–Kier alpha value is -1.79. The number of aromatic nitrogens is 2. The monoisotopic (exact) mass is 293 g/mol. The maximum Gasteiger partial charge on any atom is 0.216 e. The molecule has 116 valence electrons. The van der Waals surface area contributed by atoms with Crippen LogP contribution in [0.3, 0.4) is 0 Å². The third kappa shape index (κ3) is 3.65. The number of nitrogens with zero attached hydrogens (tertiary/aromatic N) is 2. The first-order valence-electron chi connectivity index (χ1n) is 7.04. The van der Waals surface area contributed by atoms with Crippen LogP contribution in [0.2, 0.25) is 0 Å². The van der Waals surface area contributed by atoms with Crippen LogP contribution >= 0.6 is 0 Å². The zero-order valence-corrected chi connectivity index (χ0v) is 13.0. The van der Waals surface area contributed by atoms with Crippen LogP contribution in [-0.2, 0) is 13.6 Å². The topological polar surface area (TPSA) is 72.4 Å². The highest BCUT2D eigenvalue weighted by molar-refractivity contribution is 5.30. The van der Waals surface area contributed by atoms with Crippen molar-refractivity contribution in [2.24, 2.45) is 7.05 Å². The van der Waals surface area contributed by atoms with Crippen molar-refractivity contribution in [3.05, 3.63) is 35.4 Å². The van der Waals surface area contributed by atoms with Crippen LogP contribution in [0.5, 0.6) is 5.88 Å². The van der Waals surface area contributed by atoms with Crippen LogP contribution in [0.15, 0.2) is 22.8 Å². The normalized spacial score (nSPS) is 14.1. The second-order valence-corrected chi connectivity index (χ2v) is 5.25. The number of rotatable bonds is 7. The molecule has 0 aliphatic carbocycles. The Balaban J connectivity index is 1.91. The predicted molar refractivity (Wildman–Crippen MR) is 79.1 cm³/mol. The molecule has 0 amide bonds. The molecule has 21 heavy (non-hydrogen) atoms. The highest BCUT2D eigenvalue weighted by Gasteiger charge is 2.17. The van der Waals surface area contributed by atoms with Gasteiger partial charge in [-0.25, -0.2) is 4.68 Å². The van der Waals surface area contributed by atoms with Crippen LogP contribution in [0.1, 0.15) is 36.5 Å². The van der Waals surface area contributed by atoms with Crippen molar-refractivity contribution in [2.45, 2.75) is 39.0 Å². The van der Waals surface area contributed by atoms with E-state index in [1.807, 2.05) is 20.9 Å². The number of aryl methyl sites for hydroxylation is 2. The minimum atomic E-state index is -0.598. The van der Waals surface area contributed by atoms with Crippen molar-refractivity contribution in [2.75, 3.05) is 7.11 Å². The minimum absolute atomic E-state index is 0.134. The first-order valence-corrected chi connectivity index (χ1v) is 7.04. The SMILES string of the molecule is COc1c(CNC(C)CC(O)c2ccco2)c(C)nn1C. The van der Waals surface area contributed by atoms with Gasteiger partial charge in [-0.15, -0.1) is 0 Å². The molecule has 0 bridgehead atoms. The van der Waals surface area contributed by atoms with E-state index < -0.39 is 6.10 Å². The van der Waals surface area contributed by atoms with Gasteiger partial charge >= 0.3 is 0 Å². The first kappa shape index (κ1) is 15.6. The molecule has 0 saturated carbocycles. The minimum Gasteiger partial charge on any atom is -0.481 e. The summed E-state index contributed by atoms with van der Waals surface area (Å²) in [6.07, 6.45) is 1.55. The second kappa shape index (κ2) is 6.78. The number of ether oxygens (including phenoxy) is 1. The quantitative estimate of drug-likeness (QED) is 0.816. The van der Waals surface area contributed by atoms with E-state index >= 15 is 0 Å². The molecule has 0 aliphatic heterocycles. The van der Waals surface area contributed by atoms with Gasteiger partial charge in [-0.3, -0.25) is 0 Å². The molecule has 2 N–H and O–H groups in total. The Morgan fingerprint density at radius 3 is 2.90 bits per heavy atom. The van der Waals surface area contributed by atoms with Crippen molar-refractivity contribution >= 4 is 0 Å². The maximum absolute atomic E-state index is 10.1. The molecule has 2 atom stereocenters. The summed E-state index contributed by atoms with van der Waals surface area (Å²) in [6.45, 7) is 4.64. The van der Waals surface area contributed by atoms with E-state index in [-0.39, 0.29) is 6.04 Å². The molecule has 2 heterocycles. The fraction of sp³-hybridized carbons (Fsp3) is 0.533. The van der Waals surface area contributed by atoms with Gasteiger partial charge in [0.15, 0.2) is 0 Å². The van der Waals surface area contributed by atoms with Gasteiger partial charge in [-0.2, -0.15) is 5.10 Å². The standard InChI is InChI=1S/C15H23N3O3/c1-10(8-13(19)14-6-5-7-21-14)16-9-12-11(2)17-18(3)15(12)20-4/h5-7,10,13,16,19H,8-9H2,1-4H3. The molecule has 6 nitrogen and oxygen atoms in total. The lowest BCUT2D eigenvalue weighted by Crippen LogP contribution is -2.27. The Bertz CT molecular complexity index is 563.